The van der Waals surface area contributed by atoms with Crippen LogP contribution in [0.3, 0.4) is 0 Å². The second-order valence-corrected chi connectivity index (χ2v) is 5.59. The van der Waals surface area contributed by atoms with Gasteiger partial charge in [0.1, 0.15) is 5.69 Å². The smallest absolute Gasteiger partial charge is 0.340 e. The van der Waals surface area contributed by atoms with Crippen LogP contribution >= 0.6 is 11.3 Å². The van der Waals surface area contributed by atoms with Crippen LogP contribution in [0.2, 0.25) is 0 Å². The molecule has 2 aromatic heterocycles. The van der Waals surface area contributed by atoms with E-state index in [1.165, 1.54) is 0 Å². The summed E-state index contributed by atoms with van der Waals surface area (Å²) in [6, 6.07) is 0. The summed E-state index contributed by atoms with van der Waals surface area (Å²) in [4.78, 5) is 21.7. The van der Waals surface area contributed by atoms with Crippen LogP contribution in [0.15, 0.2) is 5.38 Å². The molecule has 0 bridgehead atoms. The topological polar surface area (TPSA) is 58.2 Å². The monoisotopic (exact) mass is 293 g/mol. The Labute approximate surface area is 122 Å². The van der Waals surface area contributed by atoms with Gasteiger partial charge in [-0.15, -0.1) is 11.3 Å². The van der Waals surface area contributed by atoms with Gasteiger partial charge in [-0.3, -0.25) is 0 Å². The molecule has 2 aromatic rings. The van der Waals surface area contributed by atoms with E-state index in [2.05, 4.69) is 9.97 Å². The summed E-state index contributed by atoms with van der Waals surface area (Å²) >= 11 is 1.57. The minimum absolute atomic E-state index is 0.284. The summed E-state index contributed by atoms with van der Waals surface area (Å²) in [5.41, 5.74) is 4.05. The van der Waals surface area contributed by atoms with Gasteiger partial charge in [-0.25, -0.2) is 9.78 Å². The highest BCUT2D eigenvalue weighted by Crippen LogP contribution is 2.31. The van der Waals surface area contributed by atoms with Crippen molar-refractivity contribution in [3.05, 3.63) is 22.2 Å². The molecule has 0 atom stereocenters. The summed E-state index contributed by atoms with van der Waals surface area (Å²) in [5.74, 6) is -0.284. The molecule has 0 saturated heterocycles. The molecule has 0 aromatic carbocycles. The SMILES string of the molecule is CCOC(=O)c1c(C)[nH]c(-c2csc(N(C)C)n2)c1C. The Morgan fingerprint density at radius 1 is 1.45 bits per heavy atom. The van der Waals surface area contributed by atoms with E-state index in [9.17, 15) is 4.79 Å². The highest BCUT2D eigenvalue weighted by atomic mass is 32.1. The summed E-state index contributed by atoms with van der Waals surface area (Å²) in [6.45, 7) is 5.97. The normalized spacial score (nSPS) is 10.7. The third kappa shape index (κ3) is 2.56. The number of anilines is 1. The van der Waals surface area contributed by atoms with E-state index in [0.29, 0.717) is 12.2 Å². The van der Waals surface area contributed by atoms with Crippen molar-refractivity contribution < 1.29 is 9.53 Å². The maximum atomic E-state index is 12.0. The van der Waals surface area contributed by atoms with E-state index in [1.807, 2.05) is 38.2 Å². The number of aromatic nitrogens is 2. The minimum atomic E-state index is -0.284. The Morgan fingerprint density at radius 3 is 2.70 bits per heavy atom. The van der Waals surface area contributed by atoms with E-state index in [-0.39, 0.29) is 5.97 Å². The number of aromatic amines is 1. The first-order valence-corrected chi connectivity index (χ1v) is 7.33. The molecule has 20 heavy (non-hydrogen) atoms. The van der Waals surface area contributed by atoms with Gasteiger partial charge in [0.15, 0.2) is 5.13 Å². The summed E-state index contributed by atoms with van der Waals surface area (Å²) in [6.07, 6.45) is 0. The standard InChI is InChI=1S/C14H19N3O2S/c1-6-19-13(18)11-8(2)12(15-9(11)3)10-7-20-14(16-10)17(4)5/h7,15H,6H2,1-5H3. The van der Waals surface area contributed by atoms with Crippen LogP contribution in [0.4, 0.5) is 5.13 Å². The number of rotatable bonds is 4. The van der Waals surface area contributed by atoms with Gasteiger partial charge < -0.3 is 14.6 Å². The zero-order chi connectivity index (χ0) is 14.9. The quantitative estimate of drug-likeness (QED) is 0.880. The van der Waals surface area contributed by atoms with Gasteiger partial charge >= 0.3 is 5.97 Å². The van der Waals surface area contributed by atoms with Crippen molar-refractivity contribution in [2.24, 2.45) is 0 Å². The number of nitrogens with zero attached hydrogens (tertiary/aromatic N) is 2. The molecule has 2 heterocycles. The first-order valence-electron chi connectivity index (χ1n) is 6.45. The van der Waals surface area contributed by atoms with Crippen LogP contribution in [-0.2, 0) is 4.74 Å². The second-order valence-electron chi connectivity index (χ2n) is 4.76. The molecule has 2 rings (SSSR count). The molecule has 108 valence electrons. The number of thiazole rings is 1. The Balaban J connectivity index is 2.43. The van der Waals surface area contributed by atoms with E-state index in [0.717, 1.165) is 27.8 Å². The fourth-order valence-corrected chi connectivity index (χ4v) is 2.85. The molecule has 0 radical (unpaired) electrons. The lowest BCUT2D eigenvalue weighted by molar-refractivity contribution is 0.0525. The Morgan fingerprint density at radius 2 is 2.15 bits per heavy atom. The highest BCUT2D eigenvalue weighted by Gasteiger charge is 2.21. The third-order valence-electron chi connectivity index (χ3n) is 3.05. The minimum Gasteiger partial charge on any atom is -0.462 e. The van der Waals surface area contributed by atoms with Gasteiger partial charge in [-0.05, 0) is 26.3 Å². The Hall–Kier alpha value is -1.82. The summed E-state index contributed by atoms with van der Waals surface area (Å²) < 4.78 is 5.10. The summed E-state index contributed by atoms with van der Waals surface area (Å²) in [7, 11) is 3.92. The largest absolute Gasteiger partial charge is 0.462 e. The van der Waals surface area contributed by atoms with Crippen molar-refractivity contribution in [3.63, 3.8) is 0 Å². The molecule has 0 unspecified atom stereocenters. The van der Waals surface area contributed by atoms with Crippen molar-refractivity contribution in [2.75, 3.05) is 25.6 Å². The molecular weight excluding hydrogens is 274 g/mol. The molecule has 0 fully saturated rings. The fourth-order valence-electron chi connectivity index (χ4n) is 2.10. The number of esters is 1. The van der Waals surface area contributed by atoms with E-state index in [1.54, 1.807) is 18.3 Å². The predicted octanol–water partition coefficient (Wildman–Crippen LogP) is 3.00. The number of nitrogens with one attached hydrogen (secondary N) is 1. The number of carbonyl (C=O) groups excluding carboxylic acids is 1. The van der Waals surface area contributed by atoms with Gasteiger partial charge in [0.2, 0.25) is 0 Å². The number of hydrogen-bond donors (Lipinski definition) is 1. The van der Waals surface area contributed by atoms with Crippen LogP contribution < -0.4 is 4.90 Å². The van der Waals surface area contributed by atoms with E-state index < -0.39 is 0 Å². The molecule has 0 amide bonds. The molecule has 0 aliphatic rings. The molecule has 0 aliphatic carbocycles. The molecular formula is C14H19N3O2S. The van der Waals surface area contributed by atoms with Gasteiger partial charge in [0.25, 0.3) is 0 Å². The van der Waals surface area contributed by atoms with Crippen molar-refractivity contribution >= 4 is 22.4 Å². The lowest BCUT2D eigenvalue weighted by Crippen LogP contribution is -2.07. The Kier molecular flexibility index (Phi) is 4.13. The highest BCUT2D eigenvalue weighted by molar-refractivity contribution is 7.14. The van der Waals surface area contributed by atoms with Gasteiger partial charge in [-0.2, -0.15) is 0 Å². The zero-order valence-corrected chi connectivity index (χ0v) is 13.2. The molecule has 5 nitrogen and oxygen atoms in total. The van der Waals surface area contributed by atoms with E-state index >= 15 is 0 Å². The van der Waals surface area contributed by atoms with Crippen molar-refractivity contribution in [1.82, 2.24) is 9.97 Å². The fraction of sp³-hybridized carbons (Fsp3) is 0.429. The van der Waals surface area contributed by atoms with Gasteiger partial charge in [0, 0.05) is 25.2 Å². The number of H-pyrrole nitrogens is 1. The maximum absolute atomic E-state index is 12.0. The second kappa shape index (κ2) is 5.66. The average Bonchev–Trinajstić information content (AvgIpc) is 2.94. The number of hydrogen-bond acceptors (Lipinski definition) is 5. The number of carbonyl (C=O) groups is 1. The first kappa shape index (κ1) is 14.6. The van der Waals surface area contributed by atoms with E-state index in [4.69, 9.17) is 4.74 Å². The van der Waals surface area contributed by atoms with Crippen LogP contribution in [0.1, 0.15) is 28.5 Å². The van der Waals surface area contributed by atoms with Gasteiger partial charge in [-0.1, -0.05) is 0 Å². The third-order valence-corrected chi connectivity index (χ3v) is 4.06. The maximum Gasteiger partial charge on any atom is 0.340 e. The van der Waals surface area contributed by atoms with Crippen molar-refractivity contribution in [3.8, 4) is 11.4 Å². The molecule has 0 aliphatic heterocycles. The lowest BCUT2D eigenvalue weighted by atomic mass is 10.1. The lowest BCUT2D eigenvalue weighted by Gasteiger charge is -2.05. The molecule has 0 spiro atoms. The van der Waals surface area contributed by atoms with Crippen LogP contribution in [-0.4, -0.2) is 36.6 Å². The predicted molar refractivity (Wildman–Crippen MR) is 81.7 cm³/mol. The van der Waals surface area contributed by atoms with Crippen LogP contribution in [0.25, 0.3) is 11.4 Å². The van der Waals surface area contributed by atoms with Crippen LogP contribution in [0, 0.1) is 13.8 Å². The number of ether oxygens (including phenoxy) is 1. The first-order chi connectivity index (χ1) is 9.45. The van der Waals surface area contributed by atoms with Crippen molar-refractivity contribution in [1.29, 1.82) is 0 Å². The van der Waals surface area contributed by atoms with Crippen molar-refractivity contribution in [2.45, 2.75) is 20.8 Å². The summed E-state index contributed by atoms with van der Waals surface area (Å²) in [5, 5.41) is 2.92. The molecule has 6 heteroatoms. The number of aryl methyl sites for hydroxylation is 1. The molecule has 1 N–H and O–H groups in total. The zero-order valence-electron chi connectivity index (χ0n) is 12.4. The average molecular weight is 293 g/mol. The Bertz CT molecular complexity index is 628. The van der Waals surface area contributed by atoms with Gasteiger partial charge in [0.05, 0.1) is 17.9 Å². The molecule has 0 saturated carbocycles. The van der Waals surface area contributed by atoms with Crippen LogP contribution in [0.5, 0.6) is 0 Å².